The van der Waals surface area contributed by atoms with Gasteiger partial charge in [-0.1, -0.05) is 29.8 Å². The van der Waals surface area contributed by atoms with Crippen LogP contribution in [-0.4, -0.2) is 26.1 Å². The molecule has 3 N–H and O–H groups in total. The molecule has 3 rings (SSSR count). The van der Waals surface area contributed by atoms with E-state index in [-0.39, 0.29) is 16.8 Å². The Kier molecular flexibility index (Phi) is 4.17. The standard InChI is InChI=1S/C14H10ClN7O2/c15-12-9(5-8-3-1-2-4-10(8)20-12)6-19-21-14-11(22(23)24)13(16)17-7-18-14/h1-7H,(H3,16,17,18,21)/b19-6-. The number of rotatable bonds is 4. The molecule has 0 fully saturated rings. The van der Waals surface area contributed by atoms with E-state index in [9.17, 15) is 10.1 Å². The number of hydrogen-bond donors (Lipinski definition) is 2. The molecule has 24 heavy (non-hydrogen) atoms. The summed E-state index contributed by atoms with van der Waals surface area (Å²) >= 11 is 6.11. The van der Waals surface area contributed by atoms with Gasteiger partial charge in [-0.05, 0) is 12.1 Å². The molecule has 0 aliphatic carbocycles. The lowest BCUT2D eigenvalue weighted by atomic mass is 10.2. The Morgan fingerprint density at radius 3 is 2.92 bits per heavy atom. The number of halogens is 1. The molecule has 0 radical (unpaired) electrons. The van der Waals surface area contributed by atoms with E-state index in [1.807, 2.05) is 24.3 Å². The first kappa shape index (κ1) is 15.6. The molecule has 0 aliphatic heterocycles. The Morgan fingerprint density at radius 1 is 1.33 bits per heavy atom. The summed E-state index contributed by atoms with van der Waals surface area (Å²) in [5.41, 5.74) is 8.80. The van der Waals surface area contributed by atoms with Crippen molar-refractivity contribution in [1.29, 1.82) is 0 Å². The third-order valence-electron chi connectivity index (χ3n) is 3.11. The molecule has 0 atom stereocenters. The second kappa shape index (κ2) is 6.42. The first-order chi connectivity index (χ1) is 11.6. The lowest BCUT2D eigenvalue weighted by Crippen LogP contribution is -2.05. The van der Waals surface area contributed by atoms with E-state index in [0.717, 1.165) is 17.2 Å². The topological polar surface area (TPSA) is 132 Å². The summed E-state index contributed by atoms with van der Waals surface area (Å²) in [7, 11) is 0. The van der Waals surface area contributed by atoms with Gasteiger partial charge in [-0.25, -0.2) is 15.0 Å². The molecular weight excluding hydrogens is 334 g/mol. The quantitative estimate of drug-likeness (QED) is 0.322. The number of nitrogen functional groups attached to an aromatic ring is 1. The highest BCUT2D eigenvalue weighted by atomic mass is 35.5. The minimum absolute atomic E-state index is 0.117. The number of nitrogens with one attached hydrogen (secondary N) is 1. The maximum absolute atomic E-state index is 11.0. The summed E-state index contributed by atoms with van der Waals surface area (Å²) in [6, 6.07) is 9.27. The summed E-state index contributed by atoms with van der Waals surface area (Å²) in [4.78, 5) is 21.9. The van der Waals surface area contributed by atoms with Crippen molar-refractivity contribution in [2.45, 2.75) is 0 Å². The number of nitro groups is 1. The molecule has 120 valence electrons. The Bertz CT molecular complexity index is 961. The third kappa shape index (κ3) is 3.06. The van der Waals surface area contributed by atoms with Gasteiger partial charge in [0.05, 0.1) is 16.7 Å². The zero-order valence-electron chi connectivity index (χ0n) is 12.0. The van der Waals surface area contributed by atoms with Crippen molar-refractivity contribution in [3.05, 3.63) is 57.5 Å². The molecule has 0 saturated carbocycles. The number of para-hydroxylation sites is 1. The van der Waals surface area contributed by atoms with Crippen molar-refractivity contribution < 1.29 is 4.92 Å². The average Bonchev–Trinajstić information content (AvgIpc) is 2.55. The van der Waals surface area contributed by atoms with Gasteiger partial charge in [0.2, 0.25) is 11.6 Å². The Labute approximate surface area is 140 Å². The van der Waals surface area contributed by atoms with Gasteiger partial charge >= 0.3 is 5.69 Å². The van der Waals surface area contributed by atoms with Crippen LogP contribution in [0.3, 0.4) is 0 Å². The molecule has 9 nitrogen and oxygen atoms in total. The number of hydrogen-bond acceptors (Lipinski definition) is 8. The van der Waals surface area contributed by atoms with Crippen LogP contribution in [0.4, 0.5) is 17.3 Å². The number of hydrazone groups is 1. The summed E-state index contributed by atoms with van der Waals surface area (Å²) in [6.45, 7) is 0. The van der Waals surface area contributed by atoms with Crippen LogP contribution < -0.4 is 11.2 Å². The van der Waals surface area contributed by atoms with E-state index in [1.165, 1.54) is 6.21 Å². The lowest BCUT2D eigenvalue weighted by Gasteiger charge is -2.03. The summed E-state index contributed by atoms with van der Waals surface area (Å²) < 4.78 is 0. The molecule has 0 saturated heterocycles. The molecule has 0 unspecified atom stereocenters. The van der Waals surface area contributed by atoms with E-state index in [4.69, 9.17) is 17.3 Å². The van der Waals surface area contributed by atoms with Crippen LogP contribution in [0, 0.1) is 10.1 Å². The number of nitrogens with two attached hydrogens (primary N) is 1. The summed E-state index contributed by atoms with van der Waals surface area (Å²) in [6.07, 6.45) is 2.49. The molecule has 3 aromatic rings. The molecule has 10 heteroatoms. The minimum Gasteiger partial charge on any atom is -0.378 e. The van der Waals surface area contributed by atoms with Gasteiger partial charge < -0.3 is 5.73 Å². The van der Waals surface area contributed by atoms with Crippen LogP contribution in [-0.2, 0) is 0 Å². The van der Waals surface area contributed by atoms with Crippen LogP contribution in [0.1, 0.15) is 5.56 Å². The number of anilines is 2. The monoisotopic (exact) mass is 343 g/mol. The van der Waals surface area contributed by atoms with Crippen LogP contribution in [0.2, 0.25) is 5.15 Å². The van der Waals surface area contributed by atoms with E-state index < -0.39 is 10.6 Å². The van der Waals surface area contributed by atoms with Crippen molar-refractivity contribution in [3.63, 3.8) is 0 Å². The molecule has 2 aromatic heterocycles. The normalized spacial score (nSPS) is 11.0. The molecule has 0 spiro atoms. The van der Waals surface area contributed by atoms with Crippen LogP contribution in [0.5, 0.6) is 0 Å². The highest BCUT2D eigenvalue weighted by Gasteiger charge is 2.20. The molecule has 1 aromatic carbocycles. The number of benzene rings is 1. The fraction of sp³-hybridized carbons (Fsp3) is 0. The highest BCUT2D eigenvalue weighted by Crippen LogP contribution is 2.26. The van der Waals surface area contributed by atoms with E-state index >= 15 is 0 Å². The van der Waals surface area contributed by atoms with Crippen molar-refractivity contribution in [2.24, 2.45) is 5.10 Å². The third-order valence-corrected chi connectivity index (χ3v) is 3.41. The van der Waals surface area contributed by atoms with Crippen molar-refractivity contribution >= 4 is 46.0 Å². The minimum atomic E-state index is -0.683. The van der Waals surface area contributed by atoms with Crippen molar-refractivity contribution in [1.82, 2.24) is 15.0 Å². The largest absolute Gasteiger partial charge is 0.378 e. The zero-order valence-corrected chi connectivity index (χ0v) is 12.8. The van der Waals surface area contributed by atoms with Crippen LogP contribution in [0.15, 0.2) is 41.8 Å². The lowest BCUT2D eigenvalue weighted by molar-refractivity contribution is -0.383. The molecule has 2 heterocycles. The Hall–Kier alpha value is -3.33. The van der Waals surface area contributed by atoms with Gasteiger partial charge in [-0.2, -0.15) is 5.10 Å². The van der Waals surface area contributed by atoms with Crippen LogP contribution in [0.25, 0.3) is 10.9 Å². The van der Waals surface area contributed by atoms with Gasteiger partial charge in [0.25, 0.3) is 0 Å². The smallest absolute Gasteiger partial charge is 0.354 e. The second-order valence-electron chi connectivity index (χ2n) is 4.64. The van der Waals surface area contributed by atoms with Gasteiger partial charge in [-0.15, -0.1) is 0 Å². The highest BCUT2D eigenvalue weighted by molar-refractivity contribution is 6.32. The molecule has 0 amide bonds. The SMILES string of the molecule is Nc1ncnc(N/N=C\c2cc3ccccc3nc2Cl)c1[N+](=O)[O-]. The Morgan fingerprint density at radius 2 is 2.12 bits per heavy atom. The zero-order chi connectivity index (χ0) is 17.1. The fourth-order valence-corrected chi connectivity index (χ4v) is 2.21. The van der Waals surface area contributed by atoms with Crippen molar-refractivity contribution in [2.75, 3.05) is 11.2 Å². The van der Waals surface area contributed by atoms with Gasteiger partial charge in [0.1, 0.15) is 11.5 Å². The summed E-state index contributed by atoms with van der Waals surface area (Å²) in [5.74, 6) is -0.369. The van der Waals surface area contributed by atoms with Gasteiger partial charge in [-0.3, -0.25) is 15.5 Å². The second-order valence-corrected chi connectivity index (χ2v) is 5.00. The summed E-state index contributed by atoms with van der Waals surface area (Å²) in [5, 5.41) is 16.1. The predicted molar refractivity (Wildman–Crippen MR) is 91.1 cm³/mol. The maximum Gasteiger partial charge on any atom is 0.354 e. The maximum atomic E-state index is 11.0. The van der Waals surface area contributed by atoms with E-state index in [2.05, 4.69) is 25.5 Å². The fourth-order valence-electron chi connectivity index (χ4n) is 2.02. The average molecular weight is 344 g/mol. The van der Waals surface area contributed by atoms with Gasteiger partial charge in [0.15, 0.2) is 0 Å². The Balaban J connectivity index is 1.89. The first-order valence-electron chi connectivity index (χ1n) is 6.65. The first-order valence-corrected chi connectivity index (χ1v) is 7.03. The van der Waals surface area contributed by atoms with Crippen molar-refractivity contribution in [3.8, 4) is 0 Å². The number of nitrogens with zero attached hydrogens (tertiary/aromatic N) is 5. The number of aromatic nitrogens is 3. The predicted octanol–water partition coefficient (Wildman–Crippen LogP) is 2.61. The van der Waals surface area contributed by atoms with Crippen LogP contribution >= 0.6 is 11.6 Å². The van der Waals surface area contributed by atoms with E-state index in [0.29, 0.717) is 5.56 Å². The molecular formula is C14H10ClN7O2. The van der Waals surface area contributed by atoms with E-state index in [1.54, 1.807) is 6.07 Å². The number of pyridine rings is 1. The number of fused-ring (bicyclic) bond motifs is 1. The van der Waals surface area contributed by atoms with Gasteiger partial charge in [0, 0.05) is 10.9 Å². The molecule has 0 aliphatic rings. The molecule has 0 bridgehead atoms.